The maximum atomic E-state index is 8.96. The molecule has 1 unspecified atom stereocenters. The summed E-state index contributed by atoms with van der Waals surface area (Å²) in [6, 6.07) is 21.4. The zero-order valence-corrected chi connectivity index (χ0v) is 17.4. The third kappa shape index (κ3) is 5.19. The second-order valence-corrected chi connectivity index (χ2v) is 7.54. The van der Waals surface area contributed by atoms with Crippen LogP contribution in [0.1, 0.15) is 42.5 Å². The van der Waals surface area contributed by atoms with Gasteiger partial charge in [-0.15, -0.1) is 12.4 Å². The Morgan fingerprint density at radius 1 is 1.03 bits per heavy atom. The van der Waals surface area contributed by atoms with Crippen molar-refractivity contribution < 1.29 is 0 Å². The van der Waals surface area contributed by atoms with Crippen LogP contribution in [0, 0.1) is 11.3 Å². The van der Waals surface area contributed by atoms with Gasteiger partial charge in [0.05, 0.1) is 18.0 Å². The van der Waals surface area contributed by atoms with Crippen molar-refractivity contribution in [2.45, 2.75) is 44.7 Å². The molecule has 4 nitrogen and oxygen atoms in total. The molecule has 0 radical (unpaired) electrons. The maximum Gasteiger partial charge on any atom is 0.0991 e. The van der Waals surface area contributed by atoms with Crippen molar-refractivity contribution in [1.82, 2.24) is 9.55 Å². The summed E-state index contributed by atoms with van der Waals surface area (Å²) in [5, 5.41) is 8.96. The fraction of sp³-hybridized carbons (Fsp3) is 0.333. The van der Waals surface area contributed by atoms with Gasteiger partial charge in [0.2, 0.25) is 0 Å². The van der Waals surface area contributed by atoms with Gasteiger partial charge >= 0.3 is 0 Å². The molecule has 29 heavy (non-hydrogen) atoms. The predicted octanol–water partition coefficient (Wildman–Crippen LogP) is 5.22. The third-order valence-corrected chi connectivity index (χ3v) is 5.68. The number of imidazole rings is 1. The summed E-state index contributed by atoms with van der Waals surface area (Å²) in [6.07, 6.45) is 9.96. The predicted molar refractivity (Wildman–Crippen MR) is 119 cm³/mol. The molecule has 2 heterocycles. The van der Waals surface area contributed by atoms with Crippen molar-refractivity contribution in [3.05, 3.63) is 83.9 Å². The Balaban J connectivity index is 0.00000240. The van der Waals surface area contributed by atoms with Gasteiger partial charge in [-0.3, -0.25) is 0 Å². The molecule has 0 amide bonds. The van der Waals surface area contributed by atoms with Crippen molar-refractivity contribution in [3.63, 3.8) is 0 Å². The second-order valence-electron chi connectivity index (χ2n) is 7.54. The summed E-state index contributed by atoms with van der Waals surface area (Å²) in [4.78, 5) is 6.98. The average Bonchev–Trinajstić information content (AvgIpc) is 3.20. The van der Waals surface area contributed by atoms with E-state index in [1.54, 1.807) is 0 Å². The number of anilines is 1. The Hall–Kier alpha value is -2.77. The largest absolute Gasteiger partial charge is 0.369 e. The van der Waals surface area contributed by atoms with E-state index in [0.717, 1.165) is 25.9 Å². The molecular formula is C24H27ClN4. The third-order valence-electron chi connectivity index (χ3n) is 5.68. The number of aryl methyl sites for hydroxylation is 1. The molecule has 3 aromatic rings. The van der Waals surface area contributed by atoms with Crippen molar-refractivity contribution >= 4 is 18.1 Å². The molecule has 1 atom stereocenters. The molecule has 1 aliphatic heterocycles. The number of nitrogens with zero attached hydrogens (tertiary/aromatic N) is 4. The molecule has 5 heteroatoms. The smallest absolute Gasteiger partial charge is 0.0991 e. The number of piperidine rings is 1. The minimum atomic E-state index is 0. The second kappa shape index (κ2) is 10.1. The summed E-state index contributed by atoms with van der Waals surface area (Å²) < 4.78 is 2.23. The Labute approximate surface area is 179 Å². The fourth-order valence-electron chi connectivity index (χ4n) is 4.15. The lowest BCUT2D eigenvalue weighted by Crippen LogP contribution is -2.39. The Kier molecular flexibility index (Phi) is 7.32. The van der Waals surface area contributed by atoms with Crippen molar-refractivity contribution in [2.24, 2.45) is 0 Å². The first-order valence-electron chi connectivity index (χ1n) is 10.1. The molecule has 0 N–H and O–H groups in total. The van der Waals surface area contributed by atoms with Gasteiger partial charge in [-0.1, -0.05) is 30.3 Å². The van der Waals surface area contributed by atoms with Crippen LogP contribution in [0.4, 0.5) is 5.69 Å². The summed E-state index contributed by atoms with van der Waals surface area (Å²) in [5.41, 5.74) is 4.52. The lowest BCUT2D eigenvalue weighted by Gasteiger charge is -2.37. The molecule has 1 fully saturated rings. The summed E-state index contributed by atoms with van der Waals surface area (Å²) in [6.45, 7) is 1.95. The van der Waals surface area contributed by atoms with Crippen LogP contribution < -0.4 is 4.90 Å². The molecule has 0 saturated carbocycles. The summed E-state index contributed by atoms with van der Waals surface area (Å²) >= 11 is 0. The summed E-state index contributed by atoms with van der Waals surface area (Å²) in [7, 11) is 0. The molecule has 150 valence electrons. The van der Waals surface area contributed by atoms with E-state index in [0.29, 0.717) is 11.6 Å². The van der Waals surface area contributed by atoms with Crippen LogP contribution in [-0.2, 0) is 13.0 Å². The number of nitriles is 1. The number of hydrogen-bond donors (Lipinski definition) is 0. The molecule has 0 spiro atoms. The minimum Gasteiger partial charge on any atom is -0.369 e. The first kappa shape index (κ1) is 21.0. The van der Waals surface area contributed by atoms with E-state index in [1.165, 1.54) is 36.2 Å². The van der Waals surface area contributed by atoms with Gasteiger partial charge < -0.3 is 9.47 Å². The quantitative estimate of drug-likeness (QED) is 0.564. The van der Waals surface area contributed by atoms with Gasteiger partial charge in [-0.25, -0.2) is 4.98 Å². The van der Waals surface area contributed by atoms with Crippen LogP contribution in [0.5, 0.6) is 0 Å². The van der Waals surface area contributed by atoms with Crippen LogP contribution >= 0.6 is 12.4 Å². The number of benzene rings is 2. The van der Waals surface area contributed by atoms with E-state index in [-0.39, 0.29) is 12.4 Å². The first-order valence-corrected chi connectivity index (χ1v) is 10.1. The van der Waals surface area contributed by atoms with E-state index >= 15 is 0 Å². The molecule has 1 aliphatic rings. The number of halogens is 1. The Bertz CT molecular complexity index is 928. The number of rotatable bonds is 6. The molecule has 1 aromatic heterocycles. The zero-order chi connectivity index (χ0) is 19.2. The van der Waals surface area contributed by atoms with Gasteiger partial charge in [0, 0.05) is 36.7 Å². The number of hydrogen-bond acceptors (Lipinski definition) is 3. The van der Waals surface area contributed by atoms with Crippen molar-refractivity contribution in [3.8, 4) is 6.07 Å². The lowest BCUT2D eigenvalue weighted by atomic mass is 9.96. The fourth-order valence-corrected chi connectivity index (χ4v) is 4.15. The van der Waals surface area contributed by atoms with E-state index in [2.05, 4.69) is 50.9 Å². The van der Waals surface area contributed by atoms with Gasteiger partial charge in [0.1, 0.15) is 0 Å². The SMILES string of the molecule is Cl.N#Cc1ccc(Cn2cncc2CCC2CCCCN2c2ccccc2)cc1. The van der Waals surface area contributed by atoms with E-state index < -0.39 is 0 Å². The molecule has 1 saturated heterocycles. The van der Waals surface area contributed by atoms with Crippen LogP contribution in [-0.4, -0.2) is 22.1 Å². The van der Waals surface area contributed by atoms with E-state index in [4.69, 9.17) is 5.26 Å². The van der Waals surface area contributed by atoms with Crippen molar-refractivity contribution in [2.75, 3.05) is 11.4 Å². The average molecular weight is 407 g/mol. The van der Waals surface area contributed by atoms with E-state index in [1.807, 2.05) is 36.8 Å². The van der Waals surface area contributed by atoms with Crippen molar-refractivity contribution in [1.29, 1.82) is 5.26 Å². The number of para-hydroxylation sites is 1. The highest BCUT2D eigenvalue weighted by atomic mass is 35.5. The Morgan fingerprint density at radius 3 is 2.59 bits per heavy atom. The monoisotopic (exact) mass is 406 g/mol. The van der Waals surface area contributed by atoms with Gasteiger partial charge in [-0.05, 0) is 61.9 Å². The number of aromatic nitrogens is 2. The normalized spacial score (nSPS) is 16.1. The van der Waals surface area contributed by atoms with Crippen LogP contribution in [0.2, 0.25) is 0 Å². The van der Waals surface area contributed by atoms with Crippen LogP contribution in [0.25, 0.3) is 0 Å². The molecule has 0 aliphatic carbocycles. The summed E-state index contributed by atoms with van der Waals surface area (Å²) in [5.74, 6) is 0. The topological polar surface area (TPSA) is 44.9 Å². The highest BCUT2D eigenvalue weighted by Gasteiger charge is 2.22. The molecular weight excluding hydrogens is 380 g/mol. The zero-order valence-electron chi connectivity index (χ0n) is 16.6. The maximum absolute atomic E-state index is 8.96. The molecule has 0 bridgehead atoms. The standard InChI is InChI=1S/C24H26N4.ClH/c25-16-20-9-11-21(12-10-20)18-27-19-26-17-24(27)14-13-23-8-4-5-15-28(23)22-6-2-1-3-7-22;/h1-3,6-7,9-12,17,19,23H,4-5,8,13-15,18H2;1H. The van der Waals surface area contributed by atoms with E-state index in [9.17, 15) is 0 Å². The molecule has 4 rings (SSSR count). The van der Waals surface area contributed by atoms with Gasteiger partial charge in [0.15, 0.2) is 0 Å². The Morgan fingerprint density at radius 2 is 1.83 bits per heavy atom. The first-order chi connectivity index (χ1) is 13.8. The highest BCUT2D eigenvalue weighted by molar-refractivity contribution is 5.85. The highest BCUT2D eigenvalue weighted by Crippen LogP contribution is 2.27. The lowest BCUT2D eigenvalue weighted by molar-refractivity contribution is 0.435. The van der Waals surface area contributed by atoms with Gasteiger partial charge in [-0.2, -0.15) is 5.26 Å². The van der Waals surface area contributed by atoms with Gasteiger partial charge in [0.25, 0.3) is 0 Å². The van der Waals surface area contributed by atoms with Crippen LogP contribution in [0.3, 0.4) is 0 Å². The van der Waals surface area contributed by atoms with Crippen LogP contribution in [0.15, 0.2) is 67.1 Å². The molecule has 2 aromatic carbocycles. The minimum absolute atomic E-state index is 0.